The van der Waals surface area contributed by atoms with Gasteiger partial charge in [0.15, 0.2) is 0 Å². The monoisotopic (exact) mass is 794 g/mol. The number of hydrogen-bond acceptors (Lipinski definition) is 5. The number of carbonyl (C=O) groups is 2. The number of likely N-dealkylation sites (tertiary alicyclic amines) is 1. The lowest BCUT2D eigenvalue weighted by molar-refractivity contribution is 0.0696. The molecule has 1 amide bonds. The first kappa shape index (κ1) is 38.1. The zero-order valence-corrected chi connectivity index (χ0v) is 34.5. The number of aryl methyl sites for hydroxylation is 5. The molecule has 0 radical (unpaired) electrons. The number of hydrogen-bond donors (Lipinski definition) is 1. The van der Waals surface area contributed by atoms with Crippen LogP contribution in [-0.2, 0) is 20.0 Å². The van der Waals surface area contributed by atoms with E-state index in [1.165, 1.54) is 0 Å². The first-order valence-electron chi connectivity index (χ1n) is 19.3. The van der Waals surface area contributed by atoms with Gasteiger partial charge >= 0.3 is 5.97 Å². The number of nitrogens with zero attached hydrogens (tertiary/aromatic N) is 6. The van der Waals surface area contributed by atoms with E-state index in [0.717, 1.165) is 92.5 Å². The second-order valence-corrected chi connectivity index (χ2v) is 16.6. The van der Waals surface area contributed by atoms with Crippen LogP contribution in [-0.4, -0.2) is 73.0 Å². The molecule has 10 nitrogen and oxygen atoms in total. The van der Waals surface area contributed by atoms with Crippen LogP contribution in [0.3, 0.4) is 0 Å². The molecule has 292 valence electrons. The average Bonchev–Trinajstić information content (AvgIpc) is 3.90. The summed E-state index contributed by atoms with van der Waals surface area (Å²) in [5, 5.41) is 17.2. The Labute approximate surface area is 337 Å². The van der Waals surface area contributed by atoms with E-state index in [0.29, 0.717) is 42.1 Å². The number of para-hydroxylation sites is 1. The first-order chi connectivity index (χ1) is 26.7. The van der Waals surface area contributed by atoms with Gasteiger partial charge in [0.2, 0.25) is 0 Å². The highest BCUT2D eigenvalue weighted by molar-refractivity contribution is 6.32. The molecule has 3 atom stereocenters. The number of fused-ring (bicyclic) bond motifs is 4. The van der Waals surface area contributed by atoms with Gasteiger partial charge in [-0.15, -0.1) is 0 Å². The van der Waals surface area contributed by atoms with Crippen LogP contribution >= 0.6 is 23.2 Å². The van der Waals surface area contributed by atoms with Crippen molar-refractivity contribution in [3.05, 3.63) is 99.1 Å². The van der Waals surface area contributed by atoms with Gasteiger partial charge in [0.1, 0.15) is 16.9 Å². The Kier molecular flexibility index (Phi) is 9.96. The molecule has 1 saturated heterocycles. The summed E-state index contributed by atoms with van der Waals surface area (Å²) in [6.45, 7) is 13.3. The molecule has 5 heterocycles. The fourth-order valence-corrected chi connectivity index (χ4v) is 9.55. The summed E-state index contributed by atoms with van der Waals surface area (Å²) >= 11 is 13.9. The molecular formula is C44H48Cl2N6O4. The maximum atomic E-state index is 15.4. The summed E-state index contributed by atoms with van der Waals surface area (Å²) in [5.74, 6) is -0.0450. The van der Waals surface area contributed by atoms with Crippen LogP contribution < -0.4 is 9.64 Å². The van der Waals surface area contributed by atoms with Gasteiger partial charge in [-0.2, -0.15) is 5.10 Å². The largest absolute Gasteiger partial charge is 0.494 e. The van der Waals surface area contributed by atoms with E-state index in [1.807, 2.05) is 56.9 Å². The Morgan fingerprint density at radius 3 is 2.45 bits per heavy atom. The summed E-state index contributed by atoms with van der Waals surface area (Å²) in [5.41, 5.74) is 9.26. The van der Waals surface area contributed by atoms with Crippen molar-refractivity contribution in [3.63, 3.8) is 0 Å². The van der Waals surface area contributed by atoms with Gasteiger partial charge in [0.05, 0.1) is 40.6 Å². The minimum atomic E-state index is -1.02. The molecule has 8 rings (SSSR count). The second-order valence-electron chi connectivity index (χ2n) is 15.8. The van der Waals surface area contributed by atoms with Gasteiger partial charge < -0.3 is 23.9 Å². The number of benzene rings is 3. The van der Waals surface area contributed by atoms with Crippen molar-refractivity contribution < 1.29 is 19.4 Å². The average molecular weight is 796 g/mol. The van der Waals surface area contributed by atoms with Gasteiger partial charge in [-0.1, -0.05) is 41.4 Å². The number of carboxylic acid groups (broad SMARTS) is 1. The lowest BCUT2D eigenvalue weighted by atomic mass is 9.98. The van der Waals surface area contributed by atoms with E-state index in [9.17, 15) is 9.90 Å². The minimum absolute atomic E-state index is 0.161. The molecule has 3 aromatic heterocycles. The van der Waals surface area contributed by atoms with Crippen molar-refractivity contribution in [2.45, 2.75) is 72.0 Å². The van der Waals surface area contributed by atoms with Crippen LogP contribution in [0.25, 0.3) is 32.9 Å². The van der Waals surface area contributed by atoms with Crippen molar-refractivity contribution >= 4 is 62.6 Å². The van der Waals surface area contributed by atoms with Crippen molar-refractivity contribution in [2.75, 3.05) is 31.6 Å². The van der Waals surface area contributed by atoms with Crippen LogP contribution in [0.2, 0.25) is 5.02 Å². The number of amides is 1. The third-order valence-electron chi connectivity index (χ3n) is 11.9. The van der Waals surface area contributed by atoms with Crippen molar-refractivity contribution in [1.82, 2.24) is 23.8 Å². The molecule has 0 saturated carbocycles. The van der Waals surface area contributed by atoms with E-state index >= 15 is 4.79 Å². The molecule has 0 aliphatic carbocycles. The van der Waals surface area contributed by atoms with Crippen molar-refractivity contribution in [1.29, 1.82) is 0 Å². The van der Waals surface area contributed by atoms with E-state index in [4.69, 9.17) is 33.0 Å². The Bertz CT molecular complexity index is 2530. The summed E-state index contributed by atoms with van der Waals surface area (Å²) in [6.07, 6.45) is 4.31. The van der Waals surface area contributed by atoms with Crippen LogP contribution in [0.5, 0.6) is 5.75 Å². The Morgan fingerprint density at radius 1 is 1.04 bits per heavy atom. The van der Waals surface area contributed by atoms with Gasteiger partial charge in [-0.3, -0.25) is 14.4 Å². The van der Waals surface area contributed by atoms with E-state index in [1.54, 1.807) is 17.0 Å². The van der Waals surface area contributed by atoms with Crippen LogP contribution in [0.15, 0.2) is 54.7 Å². The maximum absolute atomic E-state index is 15.4. The summed E-state index contributed by atoms with van der Waals surface area (Å²) < 4.78 is 12.5. The zero-order valence-electron chi connectivity index (χ0n) is 33.0. The molecule has 0 bridgehead atoms. The fraction of sp³-hybridized carbons (Fsp3) is 0.386. The van der Waals surface area contributed by atoms with Crippen molar-refractivity contribution in [2.24, 2.45) is 13.0 Å². The number of alkyl halides is 1. The number of carboxylic acids is 1. The number of carbonyl (C=O) groups excluding carboxylic acids is 1. The first-order valence-corrected chi connectivity index (χ1v) is 20.1. The third-order valence-corrected chi connectivity index (χ3v) is 13.1. The second kappa shape index (κ2) is 14.6. The normalized spacial score (nSPS) is 18.8. The maximum Gasteiger partial charge on any atom is 0.335 e. The number of anilines is 1. The number of ether oxygens (including phenoxy) is 1. The molecule has 1 fully saturated rings. The highest BCUT2D eigenvalue weighted by Gasteiger charge is 2.42. The smallest absolute Gasteiger partial charge is 0.335 e. The molecule has 12 heteroatoms. The molecule has 2 aliphatic heterocycles. The predicted molar refractivity (Wildman–Crippen MR) is 224 cm³/mol. The lowest BCUT2D eigenvalue weighted by Gasteiger charge is -2.38. The SMILES string of the molecule is Cc1cc(OCCCc2c3n(c4c(-c5c(C)nn(C)c5C)cccc24)C(C)[C@@H](Cl)N(c2cn(C[C@@H]4CCN(C)C4)c4ccc(C(=O)O)cc24)C3=O)cc(C)c1Cl. The van der Waals surface area contributed by atoms with E-state index < -0.39 is 11.5 Å². The molecule has 0 spiro atoms. The van der Waals surface area contributed by atoms with Gasteiger partial charge in [-0.05, 0) is 120 Å². The highest BCUT2D eigenvalue weighted by Crippen LogP contribution is 2.46. The molecule has 3 aromatic carbocycles. The molecule has 1 N–H and O–H groups in total. The van der Waals surface area contributed by atoms with Gasteiger partial charge in [0.25, 0.3) is 5.91 Å². The topological polar surface area (TPSA) is 97.8 Å². The Hall–Kier alpha value is -4.77. The molecule has 6 aromatic rings. The number of halogens is 2. The van der Waals surface area contributed by atoms with E-state index in [-0.39, 0.29) is 17.5 Å². The summed E-state index contributed by atoms with van der Waals surface area (Å²) in [6, 6.07) is 15.0. The third kappa shape index (κ3) is 6.36. The summed E-state index contributed by atoms with van der Waals surface area (Å²) in [4.78, 5) is 31.7. The minimum Gasteiger partial charge on any atom is -0.494 e. The van der Waals surface area contributed by atoms with Crippen LogP contribution in [0.1, 0.15) is 74.7 Å². The molecular weight excluding hydrogens is 747 g/mol. The van der Waals surface area contributed by atoms with Crippen LogP contribution in [0.4, 0.5) is 5.69 Å². The van der Waals surface area contributed by atoms with E-state index in [2.05, 4.69) is 53.1 Å². The molecule has 2 aliphatic rings. The molecule has 1 unspecified atom stereocenters. The Morgan fingerprint density at radius 2 is 1.79 bits per heavy atom. The Balaban J connectivity index is 1.26. The highest BCUT2D eigenvalue weighted by atomic mass is 35.5. The quantitative estimate of drug-likeness (QED) is 0.0844. The number of aromatic carboxylic acids is 1. The number of rotatable bonds is 10. The number of aromatic nitrogens is 4. The zero-order chi connectivity index (χ0) is 39.7. The van der Waals surface area contributed by atoms with Crippen LogP contribution in [0, 0.1) is 33.6 Å². The predicted octanol–water partition coefficient (Wildman–Crippen LogP) is 9.33. The fourth-order valence-electron chi connectivity index (χ4n) is 9.13. The summed E-state index contributed by atoms with van der Waals surface area (Å²) in [7, 11) is 4.08. The van der Waals surface area contributed by atoms with Crippen molar-refractivity contribution in [3.8, 4) is 16.9 Å². The van der Waals surface area contributed by atoms with Gasteiger partial charge in [0, 0.05) is 58.9 Å². The standard InChI is InChI=1S/C44H48Cl2N6O4/c1-24-18-31(19-25(2)39(24)45)56-17-9-12-33-32-10-8-11-34(38-26(3)47-49(7)27(38)4)40(32)51-28(5)42(46)52(43(53)41(33)51)37-23-50(22-29-15-16-48(6)21-29)36-14-13-30(44(54)55)20-35(36)37/h8,10-11,13-14,18-20,23,28-29,42H,9,12,15-17,21-22H2,1-7H3,(H,54,55)/t28?,29-,42+/m1/s1. The van der Waals surface area contributed by atoms with Gasteiger partial charge in [-0.25, -0.2) is 4.79 Å². The molecule has 56 heavy (non-hydrogen) atoms. The lowest BCUT2D eigenvalue weighted by Crippen LogP contribution is -2.47.